The molecule has 12 heteroatoms. The quantitative estimate of drug-likeness (QED) is 0.355. The van der Waals surface area contributed by atoms with Gasteiger partial charge in [-0.05, 0) is 48.4 Å². The van der Waals surface area contributed by atoms with Crippen molar-refractivity contribution in [2.75, 3.05) is 6.79 Å². The normalized spacial score (nSPS) is 16.6. The van der Waals surface area contributed by atoms with Crippen molar-refractivity contribution in [1.82, 2.24) is 19.6 Å². The predicted octanol–water partition coefficient (Wildman–Crippen LogP) is 3.41. The molecule has 0 bridgehead atoms. The summed E-state index contributed by atoms with van der Waals surface area (Å²) in [7, 11) is 0. The van der Waals surface area contributed by atoms with Gasteiger partial charge < -0.3 is 14.8 Å². The van der Waals surface area contributed by atoms with Crippen LogP contribution in [0.1, 0.15) is 29.7 Å². The fourth-order valence-electron chi connectivity index (χ4n) is 5.01. The van der Waals surface area contributed by atoms with E-state index >= 15 is 0 Å². The highest BCUT2D eigenvalue weighted by molar-refractivity contribution is 8.13. The third-order valence-corrected chi connectivity index (χ3v) is 8.06. The van der Waals surface area contributed by atoms with Crippen LogP contribution in [0.5, 0.6) is 11.5 Å². The van der Waals surface area contributed by atoms with Crippen molar-refractivity contribution in [3.8, 4) is 11.5 Å². The number of nitrogens with zero attached hydrogens (tertiary/aromatic N) is 5. The van der Waals surface area contributed by atoms with Gasteiger partial charge in [-0.15, -0.1) is 0 Å². The number of hydrogen-bond donors (Lipinski definition) is 1. The lowest BCUT2D eigenvalue weighted by atomic mass is 10.1. The first-order chi connectivity index (χ1) is 20.5. The van der Waals surface area contributed by atoms with Crippen molar-refractivity contribution in [2.45, 2.75) is 31.2 Å². The van der Waals surface area contributed by atoms with Gasteiger partial charge in [-0.1, -0.05) is 36.0 Å². The zero-order valence-corrected chi connectivity index (χ0v) is 23.0. The minimum absolute atomic E-state index is 0.137. The maximum Gasteiger partial charge on any atom is 0.259 e. The highest BCUT2D eigenvalue weighted by atomic mass is 32.2. The van der Waals surface area contributed by atoms with Gasteiger partial charge in [-0.2, -0.15) is 0 Å². The number of amidine groups is 2. The van der Waals surface area contributed by atoms with Crippen molar-refractivity contribution >= 4 is 45.9 Å². The molecule has 42 heavy (non-hydrogen) atoms. The molecule has 1 atom stereocenters. The monoisotopic (exact) mass is 580 g/mol. The summed E-state index contributed by atoms with van der Waals surface area (Å²) in [5.74, 6) is 1.79. The van der Waals surface area contributed by atoms with Gasteiger partial charge in [0.05, 0.1) is 11.4 Å². The van der Waals surface area contributed by atoms with Crippen LogP contribution in [0.25, 0.3) is 5.65 Å². The summed E-state index contributed by atoms with van der Waals surface area (Å²) in [6, 6.07) is 19.2. The Bertz CT molecular complexity index is 1870. The second kappa shape index (κ2) is 10.8. The highest BCUT2D eigenvalue weighted by Gasteiger charge is 2.41. The van der Waals surface area contributed by atoms with Crippen LogP contribution in [0.15, 0.2) is 87.7 Å². The largest absolute Gasteiger partial charge is 0.454 e. The fourth-order valence-corrected chi connectivity index (χ4v) is 5.90. The molecule has 0 fully saturated rings. The Balaban J connectivity index is 1.04. The van der Waals surface area contributed by atoms with Crippen molar-refractivity contribution in [2.24, 2.45) is 9.98 Å². The summed E-state index contributed by atoms with van der Waals surface area (Å²) in [5, 5.41) is 3.36. The van der Waals surface area contributed by atoms with Crippen molar-refractivity contribution in [3.63, 3.8) is 0 Å². The Morgan fingerprint density at radius 1 is 1.02 bits per heavy atom. The summed E-state index contributed by atoms with van der Waals surface area (Å²) in [6.45, 7) is 0.526. The molecule has 2 amide bonds. The Hall–Kier alpha value is -4.97. The number of aliphatic imine (C=N–C) groups is 2. The van der Waals surface area contributed by atoms with Gasteiger partial charge in [0.25, 0.3) is 11.5 Å². The molecule has 0 saturated carbocycles. The van der Waals surface area contributed by atoms with E-state index in [0.29, 0.717) is 51.8 Å². The number of nitrogens with one attached hydrogen (secondary N) is 1. The number of rotatable bonds is 7. The SMILES string of the molecule is O=C(CC[C@@H]1N=C2c3ccccc3N=C(SCc3cc(=O)n4ccccc4n3)N2C1=O)NCc1ccc2c(c1)OCO2. The van der Waals surface area contributed by atoms with Crippen LogP contribution in [0.3, 0.4) is 0 Å². The third kappa shape index (κ3) is 4.90. The molecule has 0 aliphatic carbocycles. The lowest BCUT2D eigenvalue weighted by Crippen LogP contribution is -2.41. The topological polar surface area (TPSA) is 127 Å². The van der Waals surface area contributed by atoms with Crippen molar-refractivity contribution in [1.29, 1.82) is 0 Å². The number of fused-ring (bicyclic) bond motifs is 5. The molecule has 7 rings (SSSR count). The second-order valence-electron chi connectivity index (χ2n) is 9.86. The Kier molecular flexibility index (Phi) is 6.67. The Morgan fingerprint density at radius 2 is 1.88 bits per heavy atom. The molecule has 4 aromatic rings. The van der Waals surface area contributed by atoms with E-state index in [-0.39, 0.29) is 37.0 Å². The van der Waals surface area contributed by atoms with Gasteiger partial charge >= 0.3 is 0 Å². The van der Waals surface area contributed by atoms with Gasteiger partial charge in [0.2, 0.25) is 12.7 Å². The van der Waals surface area contributed by atoms with E-state index in [1.165, 1.54) is 27.1 Å². The standard InChI is InChI=1S/C30H24N6O5S/c37-26(31-15-18-8-10-23-24(13-18)41-17-40-23)11-9-22-29(39)36-28(33-22)20-5-1-2-6-21(20)34-30(36)42-16-19-14-27(38)35-12-4-3-7-25(35)32-19/h1-8,10,12-14,22H,9,11,15-17H2,(H,31,37)/t22-/m0/s1. The number of hydrogen-bond acceptors (Lipinski definition) is 9. The molecule has 3 aliphatic heterocycles. The van der Waals surface area contributed by atoms with Crippen molar-refractivity contribution < 1.29 is 19.1 Å². The van der Waals surface area contributed by atoms with Crippen LogP contribution < -0.4 is 20.3 Å². The maximum absolute atomic E-state index is 13.6. The van der Waals surface area contributed by atoms with E-state index in [1.807, 2.05) is 48.5 Å². The molecule has 11 nitrogen and oxygen atoms in total. The molecule has 0 saturated heterocycles. The lowest BCUT2D eigenvalue weighted by Gasteiger charge is -2.25. The molecule has 0 unspecified atom stereocenters. The summed E-state index contributed by atoms with van der Waals surface area (Å²) in [4.78, 5) is 54.4. The molecule has 0 spiro atoms. The third-order valence-electron chi connectivity index (χ3n) is 7.09. The summed E-state index contributed by atoms with van der Waals surface area (Å²) >= 11 is 1.32. The molecular weight excluding hydrogens is 556 g/mol. The van der Waals surface area contributed by atoms with Gasteiger partial charge in [-0.3, -0.25) is 23.8 Å². The minimum Gasteiger partial charge on any atom is -0.454 e. The molecule has 2 aromatic heterocycles. The summed E-state index contributed by atoms with van der Waals surface area (Å²) in [6.07, 6.45) is 2.07. The fraction of sp³-hybridized carbons (Fsp3) is 0.200. The Labute approximate surface area is 243 Å². The highest BCUT2D eigenvalue weighted by Crippen LogP contribution is 2.35. The first-order valence-corrected chi connectivity index (χ1v) is 14.4. The molecule has 0 radical (unpaired) electrons. The maximum atomic E-state index is 13.6. The van der Waals surface area contributed by atoms with Gasteiger partial charge in [0.1, 0.15) is 17.5 Å². The zero-order valence-electron chi connectivity index (χ0n) is 22.2. The predicted molar refractivity (Wildman–Crippen MR) is 157 cm³/mol. The van der Waals surface area contributed by atoms with Crippen LogP contribution in [0, 0.1) is 0 Å². The number of aromatic nitrogens is 2. The van der Waals surface area contributed by atoms with Gasteiger partial charge in [-0.25, -0.2) is 14.9 Å². The molecular formula is C30H24N6O5S. The van der Waals surface area contributed by atoms with Crippen LogP contribution in [0.4, 0.5) is 5.69 Å². The molecule has 1 N–H and O–H groups in total. The molecule has 5 heterocycles. The van der Waals surface area contributed by atoms with E-state index in [0.717, 1.165) is 11.1 Å². The lowest BCUT2D eigenvalue weighted by molar-refractivity contribution is -0.125. The van der Waals surface area contributed by atoms with Crippen LogP contribution in [-0.4, -0.2) is 49.9 Å². The average molecular weight is 581 g/mol. The molecule has 210 valence electrons. The average Bonchev–Trinajstić information content (AvgIpc) is 3.62. The first-order valence-electron chi connectivity index (χ1n) is 13.4. The minimum atomic E-state index is -0.711. The first kappa shape index (κ1) is 26.0. The van der Waals surface area contributed by atoms with E-state index in [1.54, 1.807) is 18.3 Å². The van der Waals surface area contributed by atoms with E-state index in [2.05, 4.69) is 10.3 Å². The number of ether oxygens (including phenoxy) is 2. The number of thioether (sulfide) groups is 1. The number of para-hydroxylation sites is 1. The summed E-state index contributed by atoms with van der Waals surface area (Å²) in [5.41, 5.74) is 3.30. The molecule has 2 aromatic carbocycles. The van der Waals surface area contributed by atoms with E-state index in [9.17, 15) is 14.4 Å². The second-order valence-corrected chi connectivity index (χ2v) is 10.8. The number of benzene rings is 2. The van der Waals surface area contributed by atoms with Crippen LogP contribution in [0.2, 0.25) is 0 Å². The van der Waals surface area contributed by atoms with E-state index < -0.39 is 6.04 Å². The van der Waals surface area contributed by atoms with Crippen molar-refractivity contribution in [3.05, 3.63) is 100 Å². The van der Waals surface area contributed by atoms with Gasteiger partial charge in [0, 0.05) is 36.5 Å². The van der Waals surface area contributed by atoms with Gasteiger partial charge in [0.15, 0.2) is 16.7 Å². The number of carbonyl (C=O) groups excluding carboxylic acids is 2. The molecule has 3 aliphatic rings. The number of carbonyl (C=O) groups is 2. The van der Waals surface area contributed by atoms with Crippen LogP contribution >= 0.6 is 11.8 Å². The smallest absolute Gasteiger partial charge is 0.259 e. The van der Waals surface area contributed by atoms with E-state index in [4.69, 9.17) is 19.5 Å². The zero-order chi connectivity index (χ0) is 28.6. The van der Waals surface area contributed by atoms with Crippen LogP contribution in [-0.2, 0) is 21.9 Å². The summed E-state index contributed by atoms with van der Waals surface area (Å²) < 4.78 is 12.2. The Morgan fingerprint density at radius 3 is 2.81 bits per heavy atom. The number of amides is 2. The number of pyridine rings is 1.